The maximum absolute atomic E-state index is 13.0. The van der Waals surface area contributed by atoms with Crippen LogP contribution in [-0.2, 0) is 4.74 Å². The lowest BCUT2D eigenvalue weighted by atomic mass is 9.94. The van der Waals surface area contributed by atoms with Gasteiger partial charge in [0.1, 0.15) is 11.4 Å². The number of carbonyl (C=O) groups excluding carboxylic acids is 1. The number of amides is 1. The van der Waals surface area contributed by atoms with Gasteiger partial charge < -0.3 is 15.4 Å². The lowest BCUT2D eigenvalue weighted by Crippen LogP contribution is -2.42. The first-order chi connectivity index (χ1) is 9.35. The maximum Gasteiger partial charge on any atom is 0.407 e. The second-order valence-electron chi connectivity index (χ2n) is 6.07. The van der Waals surface area contributed by atoms with Crippen molar-refractivity contribution in [3.63, 3.8) is 0 Å². The number of ether oxygens (including phenoxy) is 1. The van der Waals surface area contributed by atoms with Crippen LogP contribution in [0.25, 0.3) is 0 Å². The van der Waals surface area contributed by atoms with E-state index < -0.39 is 11.7 Å². The van der Waals surface area contributed by atoms with Gasteiger partial charge in [0.25, 0.3) is 0 Å². The number of carbonyl (C=O) groups is 1. The van der Waals surface area contributed by atoms with Crippen molar-refractivity contribution < 1.29 is 13.9 Å². The summed E-state index contributed by atoms with van der Waals surface area (Å²) in [5.74, 6) is -0.125. The summed E-state index contributed by atoms with van der Waals surface area (Å²) in [6.45, 7) is 6.93. The molecule has 0 bridgehead atoms. The van der Waals surface area contributed by atoms with Crippen molar-refractivity contribution in [3.05, 3.63) is 35.6 Å². The Balaban J connectivity index is 2.00. The highest BCUT2D eigenvalue weighted by atomic mass is 19.1. The van der Waals surface area contributed by atoms with Crippen molar-refractivity contribution in [2.24, 2.45) is 0 Å². The molecule has 2 rings (SSSR count). The third kappa shape index (κ3) is 3.93. The van der Waals surface area contributed by atoms with Gasteiger partial charge in [-0.3, -0.25) is 0 Å². The van der Waals surface area contributed by atoms with E-state index in [1.165, 1.54) is 12.1 Å². The average molecular weight is 280 g/mol. The summed E-state index contributed by atoms with van der Waals surface area (Å²) < 4.78 is 18.2. The molecule has 1 heterocycles. The van der Waals surface area contributed by atoms with E-state index in [9.17, 15) is 9.18 Å². The van der Waals surface area contributed by atoms with Crippen molar-refractivity contribution in [2.45, 2.75) is 38.3 Å². The van der Waals surface area contributed by atoms with Gasteiger partial charge in [-0.05, 0) is 38.5 Å². The highest BCUT2D eigenvalue weighted by Gasteiger charge is 2.31. The number of alkyl carbamates (subject to hydrolysis) is 1. The Kier molecular flexibility index (Phi) is 4.28. The van der Waals surface area contributed by atoms with Gasteiger partial charge in [0, 0.05) is 19.0 Å². The summed E-state index contributed by atoms with van der Waals surface area (Å²) >= 11 is 0. The summed E-state index contributed by atoms with van der Waals surface area (Å²) in [6.07, 6.45) is -0.418. The molecule has 0 aromatic heterocycles. The molecule has 1 fully saturated rings. The Bertz CT molecular complexity index is 468. The van der Waals surface area contributed by atoms with Crippen LogP contribution in [0.4, 0.5) is 9.18 Å². The minimum Gasteiger partial charge on any atom is -0.444 e. The number of hydrogen-bond donors (Lipinski definition) is 2. The quantitative estimate of drug-likeness (QED) is 0.874. The number of benzene rings is 1. The zero-order valence-corrected chi connectivity index (χ0v) is 12.1. The molecule has 1 aliphatic rings. The minimum absolute atomic E-state index is 0.0460. The van der Waals surface area contributed by atoms with Crippen LogP contribution in [0, 0.1) is 5.82 Å². The Morgan fingerprint density at radius 1 is 1.30 bits per heavy atom. The molecular formula is C15H21FN2O2. The SMILES string of the molecule is CC(C)(C)OC(=O)N[C@@H]1CNC[C@H]1c1ccc(F)cc1. The molecule has 0 aliphatic carbocycles. The zero-order chi connectivity index (χ0) is 14.8. The number of nitrogens with one attached hydrogen (secondary N) is 2. The van der Waals surface area contributed by atoms with Crippen molar-refractivity contribution in [3.8, 4) is 0 Å². The van der Waals surface area contributed by atoms with Gasteiger partial charge in [-0.15, -0.1) is 0 Å². The van der Waals surface area contributed by atoms with E-state index in [1.54, 1.807) is 12.1 Å². The monoisotopic (exact) mass is 280 g/mol. The van der Waals surface area contributed by atoms with Crippen LogP contribution in [0.15, 0.2) is 24.3 Å². The Morgan fingerprint density at radius 3 is 2.55 bits per heavy atom. The van der Waals surface area contributed by atoms with Crippen molar-refractivity contribution in [1.29, 1.82) is 0 Å². The number of halogens is 1. The van der Waals surface area contributed by atoms with Crippen LogP contribution in [0.1, 0.15) is 32.3 Å². The first-order valence-electron chi connectivity index (χ1n) is 6.81. The summed E-state index contributed by atoms with van der Waals surface area (Å²) in [4.78, 5) is 11.8. The first-order valence-corrected chi connectivity index (χ1v) is 6.81. The molecule has 0 unspecified atom stereocenters. The van der Waals surface area contributed by atoms with Gasteiger partial charge in [0.05, 0.1) is 6.04 Å². The smallest absolute Gasteiger partial charge is 0.407 e. The lowest BCUT2D eigenvalue weighted by Gasteiger charge is -2.24. The molecule has 1 saturated heterocycles. The van der Waals surface area contributed by atoms with Crippen LogP contribution in [-0.4, -0.2) is 30.8 Å². The maximum atomic E-state index is 13.0. The Hall–Kier alpha value is -1.62. The van der Waals surface area contributed by atoms with Crippen LogP contribution in [0.2, 0.25) is 0 Å². The summed E-state index contributed by atoms with van der Waals surface area (Å²) in [5, 5.41) is 6.12. The standard InChI is InChI=1S/C15H21FN2O2/c1-15(2,3)20-14(19)18-13-9-17-8-12(13)10-4-6-11(16)7-5-10/h4-7,12-13,17H,8-9H2,1-3H3,(H,18,19)/t12-,13+/m0/s1. The molecule has 0 radical (unpaired) electrons. The van der Waals surface area contributed by atoms with Crippen LogP contribution in [0.3, 0.4) is 0 Å². The van der Waals surface area contributed by atoms with E-state index in [0.717, 1.165) is 12.1 Å². The molecule has 2 N–H and O–H groups in total. The highest BCUT2D eigenvalue weighted by molar-refractivity contribution is 5.68. The van der Waals surface area contributed by atoms with E-state index in [0.29, 0.717) is 6.54 Å². The van der Waals surface area contributed by atoms with E-state index >= 15 is 0 Å². The Labute approximate surface area is 118 Å². The van der Waals surface area contributed by atoms with Gasteiger partial charge in [-0.1, -0.05) is 12.1 Å². The zero-order valence-electron chi connectivity index (χ0n) is 12.1. The van der Waals surface area contributed by atoms with Crippen LogP contribution in [0.5, 0.6) is 0 Å². The highest BCUT2D eigenvalue weighted by Crippen LogP contribution is 2.23. The molecule has 4 nitrogen and oxygen atoms in total. The van der Waals surface area contributed by atoms with Crippen molar-refractivity contribution >= 4 is 6.09 Å². The normalized spacial score (nSPS) is 22.6. The third-order valence-corrected chi connectivity index (χ3v) is 3.21. The third-order valence-electron chi connectivity index (χ3n) is 3.21. The van der Waals surface area contributed by atoms with Gasteiger partial charge in [-0.25, -0.2) is 9.18 Å². The molecule has 2 atom stereocenters. The summed E-state index contributed by atoms with van der Waals surface area (Å²) in [6, 6.07) is 6.36. The predicted octanol–water partition coefficient (Wildman–Crippen LogP) is 2.41. The van der Waals surface area contributed by atoms with E-state index in [1.807, 2.05) is 20.8 Å². The second-order valence-corrected chi connectivity index (χ2v) is 6.07. The van der Waals surface area contributed by atoms with E-state index in [4.69, 9.17) is 4.74 Å². The average Bonchev–Trinajstić information content (AvgIpc) is 2.75. The molecule has 0 saturated carbocycles. The number of hydrogen-bond acceptors (Lipinski definition) is 3. The van der Waals surface area contributed by atoms with Crippen molar-refractivity contribution in [1.82, 2.24) is 10.6 Å². The molecule has 5 heteroatoms. The van der Waals surface area contributed by atoms with Gasteiger partial charge >= 0.3 is 6.09 Å². The lowest BCUT2D eigenvalue weighted by molar-refractivity contribution is 0.0504. The largest absolute Gasteiger partial charge is 0.444 e. The van der Waals surface area contributed by atoms with Crippen LogP contribution >= 0.6 is 0 Å². The Morgan fingerprint density at radius 2 is 1.95 bits per heavy atom. The van der Waals surface area contributed by atoms with Gasteiger partial charge in [-0.2, -0.15) is 0 Å². The van der Waals surface area contributed by atoms with Gasteiger partial charge in [0.2, 0.25) is 0 Å². The summed E-state index contributed by atoms with van der Waals surface area (Å²) in [5.41, 5.74) is 0.499. The molecule has 1 amide bonds. The first kappa shape index (κ1) is 14.8. The number of rotatable bonds is 2. The van der Waals surface area contributed by atoms with Crippen molar-refractivity contribution in [2.75, 3.05) is 13.1 Å². The molecule has 1 aliphatic heterocycles. The van der Waals surface area contributed by atoms with Gasteiger partial charge in [0.15, 0.2) is 0 Å². The van der Waals surface area contributed by atoms with Crippen LogP contribution < -0.4 is 10.6 Å². The second kappa shape index (κ2) is 5.79. The molecule has 1 aromatic carbocycles. The minimum atomic E-state index is -0.512. The molecular weight excluding hydrogens is 259 g/mol. The van der Waals surface area contributed by atoms with E-state index in [-0.39, 0.29) is 17.8 Å². The fraction of sp³-hybridized carbons (Fsp3) is 0.533. The molecule has 0 spiro atoms. The predicted molar refractivity (Wildman–Crippen MR) is 75.2 cm³/mol. The fourth-order valence-electron chi connectivity index (χ4n) is 2.35. The van der Waals surface area contributed by atoms with E-state index in [2.05, 4.69) is 10.6 Å². The molecule has 110 valence electrons. The fourth-order valence-corrected chi connectivity index (χ4v) is 2.35. The topological polar surface area (TPSA) is 50.4 Å². The molecule has 1 aromatic rings. The molecule has 20 heavy (non-hydrogen) atoms. The summed E-state index contributed by atoms with van der Waals surface area (Å²) in [7, 11) is 0.